The number of ether oxygens (including phenoxy) is 1. The lowest BCUT2D eigenvalue weighted by atomic mass is 10.1. The van der Waals surface area contributed by atoms with Crippen LogP contribution in [0.25, 0.3) is 10.9 Å². The molecule has 4 rings (SSSR count). The number of anilines is 1. The molecule has 10 heteroatoms. The van der Waals surface area contributed by atoms with Crippen LogP contribution in [-0.2, 0) is 19.4 Å². The molecule has 30 heavy (non-hydrogen) atoms. The molecular formula is C20H20N4O5S. The Morgan fingerprint density at radius 1 is 1.27 bits per heavy atom. The second-order valence-electron chi connectivity index (χ2n) is 7.17. The van der Waals surface area contributed by atoms with Crippen molar-refractivity contribution >= 4 is 38.4 Å². The SMILES string of the molecule is Cc1cc(NC(=O)COC(=O)c2cccc3ncccc23)n(C2CCS(=O)(=O)C2)n1. The molecule has 1 aliphatic heterocycles. The number of benzene rings is 1. The number of aryl methyl sites for hydroxylation is 1. The molecule has 156 valence electrons. The highest BCUT2D eigenvalue weighted by Crippen LogP contribution is 2.27. The molecule has 1 N–H and O–H groups in total. The number of aromatic nitrogens is 3. The normalized spacial score (nSPS) is 17.7. The summed E-state index contributed by atoms with van der Waals surface area (Å²) in [6.45, 7) is 1.27. The number of nitrogens with zero attached hydrogens (tertiary/aromatic N) is 3. The zero-order chi connectivity index (χ0) is 21.3. The minimum Gasteiger partial charge on any atom is -0.452 e. The number of esters is 1. The summed E-state index contributed by atoms with van der Waals surface area (Å²) in [6, 6.07) is 9.90. The van der Waals surface area contributed by atoms with Crippen LogP contribution in [0.3, 0.4) is 0 Å². The zero-order valence-electron chi connectivity index (χ0n) is 16.2. The van der Waals surface area contributed by atoms with E-state index < -0.39 is 28.3 Å². The van der Waals surface area contributed by atoms with Crippen molar-refractivity contribution in [1.82, 2.24) is 14.8 Å². The van der Waals surface area contributed by atoms with E-state index in [2.05, 4.69) is 15.4 Å². The van der Waals surface area contributed by atoms with Gasteiger partial charge in [-0.1, -0.05) is 12.1 Å². The predicted molar refractivity (Wildman–Crippen MR) is 110 cm³/mol. The zero-order valence-corrected chi connectivity index (χ0v) is 17.1. The Bertz CT molecular complexity index is 1230. The van der Waals surface area contributed by atoms with E-state index in [4.69, 9.17) is 4.74 Å². The third kappa shape index (κ3) is 4.18. The number of sulfone groups is 1. The standard InChI is InChI=1S/C20H20N4O5S/c1-13-10-18(24(23-13)14-7-9-30(27,28)12-14)22-19(25)11-29-20(26)16-4-2-6-17-15(16)5-3-8-21-17/h2-6,8,10,14H,7,9,11-12H2,1H3,(H,22,25). The summed E-state index contributed by atoms with van der Waals surface area (Å²) in [5, 5.41) is 7.61. The molecule has 1 fully saturated rings. The van der Waals surface area contributed by atoms with Gasteiger partial charge in [-0.2, -0.15) is 5.10 Å². The Labute approximate surface area is 173 Å². The first-order chi connectivity index (χ1) is 14.3. The van der Waals surface area contributed by atoms with Crippen molar-refractivity contribution in [3.8, 4) is 0 Å². The van der Waals surface area contributed by atoms with Gasteiger partial charge in [0.25, 0.3) is 5.91 Å². The molecule has 0 aliphatic carbocycles. The van der Waals surface area contributed by atoms with Gasteiger partial charge in [-0.25, -0.2) is 17.9 Å². The first kappa shape index (κ1) is 20.0. The van der Waals surface area contributed by atoms with Gasteiger partial charge in [-0.15, -0.1) is 0 Å². The van der Waals surface area contributed by atoms with Crippen LogP contribution in [0.2, 0.25) is 0 Å². The third-order valence-corrected chi connectivity index (χ3v) is 6.63. The fourth-order valence-electron chi connectivity index (χ4n) is 3.53. The molecule has 1 aromatic carbocycles. The monoisotopic (exact) mass is 428 g/mol. The van der Waals surface area contributed by atoms with Crippen molar-refractivity contribution in [3.05, 3.63) is 53.9 Å². The van der Waals surface area contributed by atoms with E-state index in [1.54, 1.807) is 49.5 Å². The van der Waals surface area contributed by atoms with Crippen molar-refractivity contribution in [2.45, 2.75) is 19.4 Å². The molecule has 0 spiro atoms. The number of carbonyl (C=O) groups is 2. The van der Waals surface area contributed by atoms with Crippen LogP contribution in [0.4, 0.5) is 5.82 Å². The van der Waals surface area contributed by atoms with Crippen LogP contribution in [0, 0.1) is 6.92 Å². The molecular weight excluding hydrogens is 408 g/mol. The maximum absolute atomic E-state index is 12.5. The number of pyridine rings is 1. The summed E-state index contributed by atoms with van der Waals surface area (Å²) < 4.78 is 30.2. The molecule has 1 unspecified atom stereocenters. The third-order valence-electron chi connectivity index (χ3n) is 4.88. The van der Waals surface area contributed by atoms with Crippen molar-refractivity contribution in [1.29, 1.82) is 0 Å². The molecule has 3 heterocycles. The molecule has 1 atom stereocenters. The highest BCUT2D eigenvalue weighted by Gasteiger charge is 2.31. The van der Waals surface area contributed by atoms with E-state index in [1.165, 1.54) is 4.68 Å². The fraction of sp³-hybridized carbons (Fsp3) is 0.300. The number of fused-ring (bicyclic) bond motifs is 1. The average molecular weight is 428 g/mol. The number of amides is 1. The van der Waals surface area contributed by atoms with Crippen LogP contribution in [-0.4, -0.2) is 53.2 Å². The Morgan fingerprint density at radius 3 is 2.87 bits per heavy atom. The fourth-order valence-corrected chi connectivity index (χ4v) is 5.22. The molecule has 3 aromatic rings. The highest BCUT2D eigenvalue weighted by atomic mass is 32.2. The average Bonchev–Trinajstić information content (AvgIpc) is 3.26. The maximum atomic E-state index is 12.5. The minimum atomic E-state index is -3.10. The molecule has 1 aliphatic rings. The van der Waals surface area contributed by atoms with Crippen LogP contribution >= 0.6 is 0 Å². The van der Waals surface area contributed by atoms with E-state index in [1.807, 2.05) is 0 Å². The summed E-state index contributed by atoms with van der Waals surface area (Å²) >= 11 is 0. The maximum Gasteiger partial charge on any atom is 0.339 e. The lowest BCUT2D eigenvalue weighted by molar-refractivity contribution is -0.119. The largest absolute Gasteiger partial charge is 0.452 e. The van der Waals surface area contributed by atoms with Gasteiger partial charge < -0.3 is 10.1 Å². The van der Waals surface area contributed by atoms with Gasteiger partial charge in [-0.3, -0.25) is 9.78 Å². The van der Waals surface area contributed by atoms with E-state index in [-0.39, 0.29) is 17.5 Å². The number of rotatable bonds is 5. The molecule has 2 aromatic heterocycles. The molecule has 1 amide bonds. The van der Waals surface area contributed by atoms with E-state index in [9.17, 15) is 18.0 Å². The number of hydrogen-bond acceptors (Lipinski definition) is 7. The summed E-state index contributed by atoms with van der Waals surface area (Å²) in [5.41, 5.74) is 1.63. The topological polar surface area (TPSA) is 120 Å². The molecule has 9 nitrogen and oxygen atoms in total. The Morgan fingerprint density at radius 2 is 2.10 bits per heavy atom. The van der Waals surface area contributed by atoms with Crippen molar-refractivity contribution < 1.29 is 22.7 Å². The van der Waals surface area contributed by atoms with E-state index >= 15 is 0 Å². The number of hydrogen-bond donors (Lipinski definition) is 1. The minimum absolute atomic E-state index is 0.0128. The van der Waals surface area contributed by atoms with Gasteiger partial charge in [0, 0.05) is 17.6 Å². The number of carbonyl (C=O) groups excluding carboxylic acids is 2. The van der Waals surface area contributed by atoms with Crippen LogP contribution in [0.5, 0.6) is 0 Å². The summed E-state index contributed by atoms with van der Waals surface area (Å²) in [4.78, 5) is 29.0. The summed E-state index contributed by atoms with van der Waals surface area (Å²) in [6.07, 6.45) is 2.07. The second-order valence-corrected chi connectivity index (χ2v) is 9.40. The van der Waals surface area contributed by atoms with Crippen molar-refractivity contribution in [3.63, 3.8) is 0 Å². The Hall–Kier alpha value is -3.27. The van der Waals surface area contributed by atoms with Crippen LogP contribution < -0.4 is 5.32 Å². The Balaban J connectivity index is 1.43. The Kier molecular flexibility index (Phi) is 5.25. The van der Waals surface area contributed by atoms with Crippen molar-refractivity contribution in [2.24, 2.45) is 0 Å². The van der Waals surface area contributed by atoms with Crippen LogP contribution in [0.1, 0.15) is 28.5 Å². The van der Waals surface area contributed by atoms with Gasteiger partial charge in [0.2, 0.25) is 0 Å². The van der Waals surface area contributed by atoms with Gasteiger partial charge in [0.15, 0.2) is 16.4 Å². The van der Waals surface area contributed by atoms with Crippen molar-refractivity contribution in [2.75, 3.05) is 23.4 Å². The first-order valence-corrected chi connectivity index (χ1v) is 11.2. The van der Waals surface area contributed by atoms with Gasteiger partial charge in [-0.05, 0) is 31.5 Å². The molecule has 0 saturated carbocycles. The smallest absolute Gasteiger partial charge is 0.339 e. The van der Waals surface area contributed by atoms with Gasteiger partial charge >= 0.3 is 5.97 Å². The van der Waals surface area contributed by atoms with Gasteiger partial charge in [0.1, 0.15) is 5.82 Å². The molecule has 0 bridgehead atoms. The number of nitrogens with one attached hydrogen (secondary N) is 1. The quantitative estimate of drug-likeness (QED) is 0.616. The first-order valence-electron chi connectivity index (χ1n) is 9.40. The summed E-state index contributed by atoms with van der Waals surface area (Å²) in [7, 11) is -3.10. The summed E-state index contributed by atoms with van der Waals surface area (Å²) in [5.74, 6) is -0.702. The predicted octanol–water partition coefficient (Wildman–Crippen LogP) is 1.89. The molecule has 0 radical (unpaired) electrons. The van der Waals surface area contributed by atoms with E-state index in [0.29, 0.717) is 34.4 Å². The highest BCUT2D eigenvalue weighted by molar-refractivity contribution is 7.91. The van der Waals surface area contributed by atoms with Crippen LogP contribution in [0.15, 0.2) is 42.6 Å². The lowest BCUT2D eigenvalue weighted by Gasteiger charge is -2.14. The second kappa shape index (κ2) is 7.86. The lowest BCUT2D eigenvalue weighted by Crippen LogP contribution is -2.24. The van der Waals surface area contributed by atoms with E-state index in [0.717, 1.165) is 0 Å². The molecule has 1 saturated heterocycles. The van der Waals surface area contributed by atoms with Gasteiger partial charge in [0.05, 0.1) is 34.3 Å².